The molecule has 2 rings (SSSR count). The van der Waals surface area contributed by atoms with Gasteiger partial charge in [-0.2, -0.15) is 0 Å². The van der Waals surface area contributed by atoms with E-state index in [1.54, 1.807) is 0 Å². The Kier molecular flexibility index (Phi) is 3.99. The highest BCUT2D eigenvalue weighted by molar-refractivity contribution is 5.83. The number of ether oxygens (including phenoxy) is 1. The molecule has 2 aromatic rings. The van der Waals surface area contributed by atoms with Crippen LogP contribution >= 0.6 is 0 Å². The van der Waals surface area contributed by atoms with Crippen LogP contribution in [-0.2, 0) is 23.1 Å². The van der Waals surface area contributed by atoms with Crippen molar-refractivity contribution in [3.63, 3.8) is 0 Å². The van der Waals surface area contributed by atoms with Gasteiger partial charge >= 0.3 is 5.97 Å². The van der Waals surface area contributed by atoms with E-state index in [0.29, 0.717) is 13.2 Å². The molecule has 0 bridgehead atoms. The summed E-state index contributed by atoms with van der Waals surface area (Å²) in [6.07, 6.45) is 2.09. The number of aryl methyl sites for hydroxylation is 1. The number of aromatic nitrogens is 1. The molecule has 0 atom stereocenters. The number of para-hydroxylation sites is 1. The summed E-state index contributed by atoms with van der Waals surface area (Å²) < 4.78 is 6.96. The molecule has 0 saturated carbocycles. The van der Waals surface area contributed by atoms with Crippen LogP contribution in [0, 0.1) is 0 Å². The average molecular weight is 246 g/mol. The zero-order valence-electron chi connectivity index (χ0n) is 10.8. The van der Waals surface area contributed by atoms with Gasteiger partial charge in [0.1, 0.15) is 0 Å². The smallest absolute Gasteiger partial charge is 0.319 e. The van der Waals surface area contributed by atoms with Gasteiger partial charge < -0.3 is 14.6 Å². The van der Waals surface area contributed by atoms with Gasteiger partial charge in [-0.05, 0) is 18.6 Å². The lowest BCUT2D eigenvalue weighted by Gasteiger charge is -2.03. The van der Waals surface area contributed by atoms with Crippen molar-refractivity contribution >= 4 is 16.9 Å². The van der Waals surface area contributed by atoms with Gasteiger partial charge in [-0.15, -0.1) is 0 Å². The summed E-state index contributed by atoms with van der Waals surface area (Å²) in [4.78, 5) is 11.2. The van der Waals surface area contributed by atoms with Crippen molar-refractivity contribution in [2.75, 3.05) is 13.2 Å². The molecule has 18 heavy (non-hydrogen) atoms. The van der Waals surface area contributed by atoms with Crippen LogP contribution in [0.2, 0.25) is 0 Å². The van der Waals surface area contributed by atoms with Crippen molar-refractivity contribution in [3.8, 4) is 0 Å². The predicted molar refractivity (Wildman–Crippen MR) is 71.3 cm³/mol. The third-order valence-corrected chi connectivity index (χ3v) is 2.87. The molecule has 0 amide bonds. The Bertz CT molecular complexity index is 546. The monoisotopic (exact) mass is 246 g/mol. The molecule has 0 spiro atoms. The molecule has 4 heteroatoms. The first kappa shape index (κ1) is 12.6. The zero-order valence-corrected chi connectivity index (χ0v) is 10.8. The molecule has 1 heterocycles. The van der Waals surface area contributed by atoms with Crippen LogP contribution in [0.25, 0.3) is 10.9 Å². The molecular weight excluding hydrogens is 228 g/mol. The Balaban J connectivity index is 2.02. The summed E-state index contributed by atoms with van der Waals surface area (Å²) in [6.45, 7) is 3.15. The second-order valence-electron chi connectivity index (χ2n) is 4.19. The highest BCUT2D eigenvalue weighted by Crippen LogP contribution is 2.19. The van der Waals surface area contributed by atoms with Gasteiger partial charge in [0.15, 0.2) is 0 Å². The highest BCUT2D eigenvalue weighted by atomic mass is 16.5. The Morgan fingerprint density at radius 1 is 1.39 bits per heavy atom. The normalized spacial score (nSPS) is 10.8. The number of nitrogens with one attached hydrogen (secondary N) is 1. The lowest BCUT2D eigenvalue weighted by molar-refractivity contribution is -0.142. The maximum absolute atomic E-state index is 11.2. The Morgan fingerprint density at radius 2 is 2.17 bits per heavy atom. The minimum absolute atomic E-state index is 0.210. The fourth-order valence-electron chi connectivity index (χ4n) is 2.08. The number of carbonyl (C=O) groups is 1. The molecule has 1 aromatic carbocycles. The van der Waals surface area contributed by atoms with Crippen molar-refractivity contribution < 1.29 is 9.53 Å². The fourth-order valence-corrected chi connectivity index (χ4v) is 2.08. The highest BCUT2D eigenvalue weighted by Gasteiger charge is 2.06. The molecule has 0 aliphatic rings. The van der Waals surface area contributed by atoms with E-state index < -0.39 is 0 Å². The second-order valence-corrected chi connectivity index (χ2v) is 4.19. The first-order chi connectivity index (χ1) is 8.72. The summed E-state index contributed by atoms with van der Waals surface area (Å²) in [5.74, 6) is -0.210. The maximum atomic E-state index is 11.2. The summed E-state index contributed by atoms with van der Waals surface area (Å²) in [6, 6.07) is 8.23. The maximum Gasteiger partial charge on any atom is 0.319 e. The SMILES string of the molecule is CCOC(=O)CNCc1cn(C)c2ccccc12. The molecule has 0 radical (unpaired) electrons. The van der Waals surface area contributed by atoms with Crippen LogP contribution in [0.3, 0.4) is 0 Å². The van der Waals surface area contributed by atoms with Gasteiger partial charge in [0.25, 0.3) is 0 Å². The van der Waals surface area contributed by atoms with Crippen LogP contribution in [0.15, 0.2) is 30.5 Å². The molecule has 0 fully saturated rings. The van der Waals surface area contributed by atoms with Gasteiger partial charge in [-0.25, -0.2) is 0 Å². The topological polar surface area (TPSA) is 43.3 Å². The lowest BCUT2D eigenvalue weighted by Crippen LogP contribution is -2.24. The predicted octanol–water partition coefficient (Wildman–Crippen LogP) is 1.83. The standard InChI is InChI=1S/C14H18N2O2/c1-3-18-14(17)9-15-8-11-10-16(2)13-7-5-4-6-12(11)13/h4-7,10,15H,3,8-9H2,1-2H3. The van der Waals surface area contributed by atoms with Crippen LogP contribution in [0.1, 0.15) is 12.5 Å². The molecular formula is C14H18N2O2. The van der Waals surface area contributed by atoms with E-state index in [1.165, 1.54) is 16.5 Å². The van der Waals surface area contributed by atoms with Crippen molar-refractivity contribution in [1.29, 1.82) is 0 Å². The van der Waals surface area contributed by atoms with E-state index in [9.17, 15) is 4.79 Å². The lowest BCUT2D eigenvalue weighted by atomic mass is 10.2. The number of esters is 1. The number of fused-ring (bicyclic) bond motifs is 1. The van der Waals surface area contributed by atoms with Gasteiger partial charge in [0, 0.05) is 30.7 Å². The first-order valence-corrected chi connectivity index (χ1v) is 6.11. The van der Waals surface area contributed by atoms with Gasteiger partial charge in [0.2, 0.25) is 0 Å². The summed E-state index contributed by atoms with van der Waals surface area (Å²) in [5, 5.41) is 4.32. The second kappa shape index (κ2) is 5.69. The molecule has 4 nitrogen and oxygen atoms in total. The minimum atomic E-state index is -0.210. The van der Waals surface area contributed by atoms with Crippen LogP contribution in [-0.4, -0.2) is 23.7 Å². The largest absolute Gasteiger partial charge is 0.465 e. The third kappa shape index (κ3) is 2.71. The summed E-state index contributed by atoms with van der Waals surface area (Å²) >= 11 is 0. The van der Waals surface area contributed by atoms with Gasteiger partial charge in [-0.3, -0.25) is 4.79 Å². The van der Waals surface area contributed by atoms with E-state index in [0.717, 1.165) is 0 Å². The third-order valence-electron chi connectivity index (χ3n) is 2.87. The van der Waals surface area contributed by atoms with E-state index in [2.05, 4.69) is 28.2 Å². The van der Waals surface area contributed by atoms with E-state index in [4.69, 9.17) is 4.74 Å². The van der Waals surface area contributed by atoms with Crippen molar-refractivity contribution in [2.24, 2.45) is 7.05 Å². The molecule has 0 aliphatic heterocycles. The van der Waals surface area contributed by atoms with Crippen LogP contribution in [0.5, 0.6) is 0 Å². The zero-order chi connectivity index (χ0) is 13.0. The average Bonchev–Trinajstić information content (AvgIpc) is 2.68. The number of nitrogens with zero attached hydrogens (tertiary/aromatic N) is 1. The molecule has 0 unspecified atom stereocenters. The van der Waals surface area contributed by atoms with Gasteiger partial charge in [-0.1, -0.05) is 18.2 Å². The van der Waals surface area contributed by atoms with Crippen LogP contribution in [0.4, 0.5) is 0 Å². The van der Waals surface area contributed by atoms with Crippen molar-refractivity contribution in [1.82, 2.24) is 9.88 Å². The number of rotatable bonds is 5. The number of hydrogen-bond donors (Lipinski definition) is 1. The van der Waals surface area contributed by atoms with Crippen molar-refractivity contribution in [2.45, 2.75) is 13.5 Å². The first-order valence-electron chi connectivity index (χ1n) is 6.11. The molecule has 0 saturated heterocycles. The number of benzene rings is 1. The van der Waals surface area contributed by atoms with Crippen molar-refractivity contribution in [3.05, 3.63) is 36.0 Å². The van der Waals surface area contributed by atoms with E-state index >= 15 is 0 Å². The molecule has 1 N–H and O–H groups in total. The Hall–Kier alpha value is -1.81. The summed E-state index contributed by atoms with van der Waals surface area (Å²) in [5.41, 5.74) is 2.39. The Labute approximate surface area is 107 Å². The molecule has 1 aromatic heterocycles. The fraction of sp³-hybridized carbons (Fsp3) is 0.357. The van der Waals surface area contributed by atoms with Gasteiger partial charge in [0.05, 0.1) is 13.2 Å². The Morgan fingerprint density at radius 3 is 2.94 bits per heavy atom. The van der Waals surface area contributed by atoms with E-state index in [-0.39, 0.29) is 12.5 Å². The molecule has 0 aliphatic carbocycles. The number of carbonyl (C=O) groups excluding carboxylic acids is 1. The number of hydrogen-bond acceptors (Lipinski definition) is 3. The van der Waals surface area contributed by atoms with E-state index in [1.807, 2.05) is 26.1 Å². The quantitative estimate of drug-likeness (QED) is 0.818. The van der Waals surface area contributed by atoms with Crippen LogP contribution < -0.4 is 5.32 Å². The summed E-state index contributed by atoms with van der Waals surface area (Å²) in [7, 11) is 2.02. The molecule has 96 valence electrons. The minimum Gasteiger partial charge on any atom is -0.465 e.